The molecule has 0 aromatic heterocycles. The number of carbonyl (C=O) groups excluding carboxylic acids is 1. The lowest BCUT2D eigenvalue weighted by atomic mass is 10.1. The van der Waals surface area contributed by atoms with Crippen molar-refractivity contribution in [2.45, 2.75) is 26.8 Å². The molecule has 8 heteroatoms. The molecule has 0 aliphatic rings. The van der Waals surface area contributed by atoms with Crippen LogP contribution in [0.5, 0.6) is 11.5 Å². The van der Waals surface area contributed by atoms with E-state index in [4.69, 9.17) is 9.47 Å². The smallest absolute Gasteiger partial charge is 0.251 e. The van der Waals surface area contributed by atoms with Gasteiger partial charge in [0.1, 0.15) is 18.1 Å². The summed E-state index contributed by atoms with van der Waals surface area (Å²) in [6, 6.07) is 20.0. The fourth-order valence-electron chi connectivity index (χ4n) is 3.78. The lowest BCUT2D eigenvalue weighted by Crippen LogP contribution is -2.31. The molecule has 186 valence electrons. The number of carbonyl (C=O) groups is 1. The van der Waals surface area contributed by atoms with Crippen molar-refractivity contribution in [1.82, 2.24) is 5.32 Å². The molecule has 0 saturated heterocycles. The lowest BCUT2D eigenvalue weighted by Gasteiger charge is -2.26. The summed E-state index contributed by atoms with van der Waals surface area (Å²) in [5, 5.41) is 2.83. The van der Waals surface area contributed by atoms with Gasteiger partial charge in [-0.25, -0.2) is 8.42 Å². The van der Waals surface area contributed by atoms with E-state index in [0.717, 1.165) is 28.8 Å². The van der Waals surface area contributed by atoms with Gasteiger partial charge in [0, 0.05) is 11.6 Å². The van der Waals surface area contributed by atoms with Crippen molar-refractivity contribution in [3.05, 3.63) is 89.0 Å². The Morgan fingerprint density at radius 2 is 1.69 bits per heavy atom. The van der Waals surface area contributed by atoms with E-state index in [9.17, 15) is 13.2 Å². The summed E-state index contributed by atoms with van der Waals surface area (Å²) in [5.74, 6) is 1.14. The van der Waals surface area contributed by atoms with E-state index in [1.165, 1.54) is 10.6 Å². The molecule has 0 bridgehead atoms. The molecule has 3 aromatic rings. The van der Waals surface area contributed by atoms with Crippen LogP contribution in [0.4, 0.5) is 5.69 Å². The second-order valence-corrected chi connectivity index (χ2v) is 10.1. The molecule has 3 aromatic carbocycles. The Kier molecular flexibility index (Phi) is 8.76. The first-order valence-electron chi connectivity index (χ1n) is 11.4. The average Bonchev–Trinajstić information content (AvgIpc) is 2.85. The summed E-state index contributed by atoms with van der Waals surface area (Å²) >= 11 is 0. The average molecular weight is 497 g/mol. The summed E-state index contributed by atoms with van der Waals surface area (Å²) in [6.07, 6.45) is 1.94. The molecular formula is C27H32N2O5S. The highest BCUT2D eigenvalue weighted by Gasteiger charge is 2.22. The Morgan fingerprint density at radius 3 is 2.34 bits per heavy atom. The summed E-state index contributed by atoms with van der Waals surface area (Å²) < 4.78 is 37.6. The normalized spacial score (nSPS) is 11.1. The second kappa shape index (κ2) is 11.8. The molecule has 7 nitrogen and oxygen atoms in total. The molecular weight excluding hydrogens is 464 g/mol. The molecule has 0 heterocycles. The van der Waals surface area contributed by atoms with Gasteiger partial charge in [0.05, 0.1) is 32.1 Å². The van der Waals surface area contributed by atoms with Crippen LogP contribution < -0.4 is 19.1 Å². The number of methoxy groups -OCH3 is 1. The molecule has 0 saturated carbocycles. The number of ether oxygens (including phenoxy) is 2. The van der Waals surface area contributed by atoms with Crippen LogP contribution in [0.2, 0.25) is 0 Å². The zero-order valence-electron chi connectivity index (χ0n) is 20.6. The highest BCUT2D eigenvalue weighted by molar-refractivity contribution is 7.92. The number of anilines is 1. The van der Waals surface area contributed by atoms with Crippen LogP contribution in [0, 0.1) is 6.92 Å². The molecule has 3 rings (SSSR count). The first-order chi connectivity index (χ1) is 16.7. The quantitative estimate of drug-likeness (QED) is 0.399. The fraction of sp³-hybridized carbons (Fsp3) is 0.296. The van der Waals surface area contributed by atoms with E-state index in [-0.39, 0.29) is 12.5 Å². The highest BCUT2D eigenvalue weighted by atomic mass is 32.2. The van der Waals surface area contributed by atoms with Crippen LogP contribution in [0.1, 0.15) is 34.0 Å². The van der Waals surface area contributed by atoms with E-state index in [1.807, 2.05) is 50.2 Å². The van der Waals surface area contributed by atoms with Gasteiger partial charge < -0.3 is 14.8 Å². The molecule has 1 N–H and O–H groups in total. The predicted octanol–water partition coefficient (Wildman–Crippen LogP) is 4.34. The Balaban J connectivity index is 1.62. The molecule has 0 atom stereocenters. The first-order valence-corrected chi connectivity index (χ1v) is 13.3. The minimum atomic E-state index is -3.51. The monoisotopic (exact) mass is 496 g/mol. The summed E-state index contributed by atoms with van der Waals surface area (Å²) in [6.45, 7) is 4.77. The van der Waals surface area contributed by atoms with Gasteiger partial charge in [-0.2, -0.15) is 0 Å². The van der Waals surface area contributed by atoms with E-state index < -0.39 is 10.0 Å². The summed E-state index contributed by atoms with van der Waals surface area (Å²) in [7, 11) is -1.92. The number of hydrogen-bond acceptors (Lipinski definition) is 5. The maximum absolute atomic E-state index is 12.7. The third-order valence-corrected chi connectivity index (χ3v) is 6.70. The van der Waals surface area contributed by atoms with Crippen LogP contribution in [0.15, 0.2) is 66.7 Å². The SMILES string of the molecule is CCc1cccc(C)c1N(Cc1ccc(C(=O)NCCOc2cccc(OC)c2)cc1)S(C)(=O)=O. The minimum absolute atomic E-state index is 0.187. The van der Waals surface area contributed by atoms with Crippen molar-refractivity contribution in [1.29, 1.82) is 0 Å². The fourth-order valence-corrected chi connectivity index (χ4v) is 4.75. The molecule has 0 unspecified atom stereocenters. The van der Waals surface area contributed by atoms with E-state index in [1.54, 1.807) is 37.4 Å². The number of nitrogens with one attached hydrogen (secondary N) is 1. The number of para-hydroxylation sites is 1. The number of rotatable bonds is 11. The van der Waals surface area contributed by atoms with E-state index in [2.05, 4.69) is 5.32 Å². The van der Waals surface area contributed by atoms with Gasteiger partial charge in [0.25, 0.3) is 5.91 Å². The van der Waals surface area contributed by atoms with E-state index >= 15 is 0 Å². The first kappa shape index (κ1) is 26.1. The number of aryl methyl sites for hydroxylation is 2. The molecule has 0 aliphatic carbocycles. The Labute approximate surface area is 207 Å². The summed E-state index contributed by atoms with van der Waals surface area (Å²) in [4.78, 5) is 12.5. The molecule has 0 spiro atoms. The largest absolute Gasteiger partial charge is 0.497 e. The molecule has 0 aliphatic heterocycles. The number of amides is 1. The molecule has 35 heavy (non-hydrogen) atoms. The highest BCUT2D eigenvalue weighted by Crippen LogP contribution is 2.29. The summed E-state index contributed by atoms with van der Waals surface area (Å²) in [5.41, 5.74) is 3.88. The van der Waals surface area contributed by atoms with Crippen molar-refractivity contribution in [2.24, 2.45) is 0 Å². The Hall–Kier alpha value is -3.52. The predicted molar refractivity (Wildman–Crippen MR) is 139 cm³/mol. The lowest BCUT2D eigenvalue weighted by molar-refractivity contribution is 0.0947. The number of benzene rings is 3. The standard InChI is InChI=1S/C27H32N2O5S/c1-5-22-9-6-8-20(2)26(22)29(35(4,31)32)19-21-12-14-23(15-13-21)27(30)28-16-17-34-25-11-7-10-24(18-25)33-3/h6-15,18H,5,16-17,19H2,1-4H3,(H,28,30). The molecule has 0 radical (unpaired) electrons. The third-order valence-electron chi connectivity index (χ3n) is 5.59. The van der Waals surface area contributed by atoms with Gasteiger partial charge in [-0.3, -0.25) is 9.10 Å². The Morgan fingerprint density at radius 1 is 1.00 bits per heavy atom. The van der Waals surface area contributed by atoms with Gasteiger partial charge in [0.2, 0.25) is 10.0 Å². The zero-order chi connectivity index (χ0) is 25.4. The van der Waals surface area contributed by atoms with Crippen LogP contribution in [0.3, 0.4) is 0 Å². The zero-order valence-corrected chi connectivity index (χ0v) is 21.4. The van der Waals surface area contributed by atoms with E-state index in [0.29, 0.717) is 30.2 Å². The van der Waals surface area contributed by atoms with Gasteiger partial charge >= 0.3 is 0 Å². The number of nitrogens with zero attached hydrogens (tertiary/aromatic N) is 1. The minimum Gasteiger partial charge on any atom is -0.497 e. The third kappa shape index (κ3) is 6.99. The van der Waals surface area contributed by atoms with Crippen molar-refractivity contribution in [3.63, 3.8) is 0 Å². The maximum atomic E-state index is 12.7. The van der Waals surface area contributed by atoms with Crippen LogP contribution in [-0.4, -0.2) is 40.8 Å². The van der Waals surface area contributed by atoms with Crippen LogP contribution >= 0.6 is 0 Å². The maximum Gasteiger partial charge on any atom is 0.251 e. The van der Waals surface area contributed by atoms with Crippen LogP contribution in [0.25, 0.3) is 0 Å². The number of hydrogen-bond donors (Lipinski definition) is 1. The van der Waals surface area contributed by atoms with Crippen molar-refractivity contribution < 1.29 is 22.7 Å². The second-order valence-electron chi connectivity index (χ2n) is 8.19. The van der Waals surface area contributed by atoms with Gasteiger partial charge in [-0.1, -0.05) is 43.3 Å². The Bertz CT molecular complexity index is 1260. The molecule has 0 fully saturated rings. The number of sulfonamides is 1. The van der Waals surface area contributed by atoms with Crippen molar-refractivity contribution in [3.8, 4) is 11.5 Å². The van der Waals surface area contributed by atoms with Gasteiger partial charge in [-0.15, -0.1) is 0 Å². The van der Waals surface area contributed by atoms with Gasteiger partial charge in [0.15, 0.2) is 0 Å². The van der Waals surface area contributed by atoms with Crippen molar-refractivity contribution >= 4 is 21.6 Å². The van der Waals surface area contributed by atoms with Crippen LogP contribution in [-0.2, 0) is 23.0 Å². The van der Waals surface area contributed by atoms with Gasteiger partial charge in [-0.05, 0) is 54.3 Å². The van der Waals surface area contributed by atoms with Crippen molar-refractivity contribution in [2.75, 3.05) is 30.8 Å². The topological polar surface area (TPSA) is 84.9 Å². The molecule has 1 amide bonds.